The number of oxime groups is 1. The molecule has 0 bridgehead atoms. The van der Waals surface area contributed by atoms with Gasteiger partial charge in [0.25, 0.3) is 0 Å². The van der Waals surface area contributed by atoms with Crippen molar-refractivity contribution < 1.29 is 14.9 Å². The second-order valence-electron chi connectivity index (χ2n) is 2.67. The number of nitrogens with zero attached hydrogens (tertiary/aromatic N) is 3. The minimum absolute atomic E-state index is 0.0809. The van der Waals surface area contributed by atoms with Crippen molar-refractivity contribution in [1.29, 1.82) is 0 Å². The van der Waals surface area contributed by atoms with Gasteiger partial charge in [-0.05, 0) is 17.2 Å². The van der Waals surface area contributed by atoms with Gasteiger partial charge in [0, 0.05) is 6.04 Å². The molecule has 0 aliphatic rings. The Morgan fingerprint density at radius 2 is 2.19 bits per heavy atom. The number of hydrogen-bond acceptors (Lipinski definition) is 7. The summed E-state index contributed by atoms with van der Waals surface area (Å²) in [7, 11) is 0. The lowest BCUT2D eigenvalue weighted by Crippen LogP contribution is -2.23. The number of anilines is 1. The van der Waals surface area contributed by atoms with Gasteiger partial charge in [0.1, 0.15) is 0 Å². The first-order valence-electron chi connectivity index (χ1n) is 4.87. The van der Waals surface area contributed by atoms with Crippen LogP contribution >= 0.6 is 0 Å². The van der Waals surface area contributed by atoms with Crippen LogP contribution in [0.25, 0.3) is 0 Å². The van der Waals surface area contributed by atoms with E-state index in [4.69, 9.17) is 16.0 Å². The van der Waals surface area contributed by atoms with Gasteiger partial charge in [0.15, 0.2) is 11.5 Å². The SMILES string of the molecule is CC.C[C@@H](CO)Nc1nonc1/C(N)=N/O. The Morgan fingerprint density at radius 3 is 2.69 bits per heavy atom. The molecule has 1 atom stereocenters. The smallest absolute Gasteiger partial charge is 0.202 e. The first-order valence-corrected chi connectivity index (χ1v) is 4.87. The molecule has 92 valence electrons. The third-order valence-corrected chi connectivity index (χ3v) is 1.50. The maximum absolute atomic E-state index is 8.77. The molecular weight excluding hydrogens is 214 g/mol. The molecule has 5 N–H and O–H groups in total. The van der Waals surface area contributed by atoms with E-state index in [-0.39, 0.29) is 30.0 Å². The second-order valence-corrected chi connectivity index (χ2v) is 2.67. The maximum atomic E-state index is 8.77. The van der Waals surface area contributed by atoms with Crippen molar-refractivity contribution >= 4 is 11.7 Å². The van der Waals surface area contributed by atoms with Crippen molar-refractivity contribution in [2.24, 2.45) is 10.9 Å². The minimum Gasteiger partial charge on any atom is -0.409 e. The van der Waals surface area contributed by atoms with Gasteiger partial charge in [-0.15, -0.1) is 0 Å². The zero-order valence-corrected chi connectivity index (χ0v) is 9.51. The minimum atomic E-state index is -0.229. The summed E-state index contributed by atoms with van der Waals surface area (Å²) in [5.41, 5.74) is 5.40. The van der Waals surface area contributed by atoms with Crippen LogP contribution in [0.3, 0.4) is 0 Å². The highest BCUT2D eigenvalue weighted by Crippen LogP contribution is 2.09. The standard InChI is InChI=1S/C6H11N5O3.C2H6/c1-3(2-12)8-6-4(5(7)9-13)10-14-11-6;1-2/h3,12-13H,2H2,1H3,(H2,7,9)(H,8,11);1-2H3/t3-;/m0./s1. The monoisotopic (exact) mass is 231 g/mol. The summed E-state index contributed by atoms with van der Waals surface area (Å²) in [4.78, 5) is 0. The van der Waals surface area contributed by atoms with Crippen molar-refractivity contribution in [2.45, 2.75) is 26.8 Å². The Morgan fingerprint density at radius 1 is 1.56 bits per heavy atom. The van der Waals surface area contributed by atoms with Gasteiger partial charge in [-0.1, -0.05) is 19.0 Å². The summed E-state index contributed by atoms with van der Waals surface area (Å²) in [5, 5.41) is 29.6. The fourth-order valence-corrected chi connectivity index (χ4v) is 0.778. The molecule has 8 nitrogen and oxygen atoms in total. The lowest BCUT2D eigenvalue weighted by molar-refractivity contribution is 0.279. The van der Waals surface area contributed by atoms with Crippen molar-refractivity contribution in [3.05, 3.63) is 5.69 Å². The highest BCUT2D eigenvalue weighted by atomic mass is 16.6. The predicted molar refractivity (Wildman–Crippen MR) is 58.3 cm³/mol. The Hall–Kier alpha value is -1.83. The molecule has 0 amide bonds. The Balaban J connectivity index is 0.00000106. The van der Waals surface area contributed by atoms with E-state index in [1.54, 1.807) is 6.92 Å². The number of rotatable bonds is 4. The van der Waals surface area contributed by atoms with E-state index >= 15 is 0 Å². The number of aromatic nitrogens is 2. The summed E-state index contributed by atoms with van der Waals surface area (Å²) in [6.45, 7) is 5.65. The zero-order valence-electron chi connectivity index (χ0n) is 9.51. The molecule has 8 heteroatoms. The third kappa shape index (κ3) is 3.73. The van der Waals surface area contributed by atoms with E-state index in [9.17, 15) is 0 Å². The summed E-state index contributed by atoms with van der Waals surface area (Å²) in [5.74, 6) is 0.0146. The van der Waals surface area contributed by atoms with Gasteiger partial charge in [-0.2, -0.15) is 0 Å². The highest BCUT2D eigenvalue weighted by Gasteiger charge is 2.15. The van der Waals surface area contributed by atoms with Crippen LogP contribution in [0.1, 0.15) is 26.5 Å². The molecule has 0 spiro atoms. The topological polar surface area (TPSA) is 130 Å². The third-order valence-electron chi connectivity index (χ3n) is 1.50. The predicted octanol–water partition coefficient (Wildman–Crippen LogP) is -0.0170. The number of aliphatic hydroxyl groups is 1. The molecule has 0 saturated heterocycles. The van der Waals surface area contributed by atoms with Crippen LogP contribution in [0.5, 0.6) is 0 Å². The summed E-state index contributed by atoms with van der Waals surface area (Å²) in [6.07, 6.45) is 0. The van der Waals surface area contributed by atoms with Crippen molar-refractivity contribution in [2.75, 3.05) is 11.9 Å². The molecule has 1 aromatic rings. The molecule has 0 saturated carbocycles. The van der Waals surface area contributed by atoms with Crippen molar-refractivity contribution in [3.8, 4) is 0 Å². The fraction of sp³-hybridized carbons (Fsp3) is 0.625. The lowest BCUT2D eigenvalue weighted by atomic mass is 10.3. The van der Waals surface area contributed by atoms with Crippen molar-refractivity contribution in [1.82, 2.24) is 10.3 Å². The van der Waals surface area contributed by atoms with Crippen LogP contribution in [0.4, 0.5) is 5.82 Å². The van der Waals surface area contributed by atoms with Crippen LogP contribution in [0.15, 0.2) is 9.78 Å². The number of amidine groups is 1. The molecule has 0 fully saturated rings. The number of nitrogens with one attached hydrogen (secondary N) is 1. The van der Waals surface area contributed by atoms with Gasteiger partial charge in [-0.3, -0.25) is 0 Å². The molecule has 1 rings (SSSR count). The van der Waals surface area contributed by atoms with Gasteiger partial charge in [0.2, 0.25) is 5.82 Å². The van der Waals surface area contributed by atoms with E-state index in [2.05, 4.69) is 25.4 Å². The molecule has 0 unspecified atom stereocenters. The highest BCUT2D eigenvalue weighted by molar-refractivity contribution is 5.99. The maximum Gasteiger partial charge on any atom is 0.202 e. The molecule has 1 aromatic heterocycles. The largest absolute Gasteiger partial charge is 0.409 e. The Bertz CT molecular complexity index is 325. The molecule has 16 heavy (non-hydrogen) atoms. The van der Waals surface area contributed by atoms with E-state index in [1.807, 2.05) is 13.8 Å². The van der Waals surface area contributed by atoms with Crippen LogP contribution in [-0.4, -0.2) is 39.1 Å². The van der Waals surface area contributed by atoms with Crippen molar-refractivity contribution in [3.63, 3.8) is 0 Å². The first kappa shape index (κ1) is 14.2. The van der Waals surface area contributed by atoms with Crippen LogP contribution < -0.4 is 11.1 Å². The number of nitrogens with two attached hydrogens (primary N) is 1. The second kappa shape index (κ2) is 7.46. The molecule has 0 aliphatic heterocycles. The van der Waals surface area contributed by atoms with Crippen LogP contribution in [0, 0.1) is 0 Å². The van der Waals surface area contributed by atoms with Gasteiger partial charge in [0.05, 0.1) is 6.61 Å². The quantitative estimate of drug-likeness (QED) is 0.248. The van der Waals surface area contributed by atoms with Gasteiger partial charge >= 0.3 is 0 Å². The average Bonchev–Trinajstić information content (AvgIpc) is 2.78. The Kier molecular flexibility index (Phi) is 6.61. The molecule has 0 aliphatic carbocycles. The first-order chi connectivity index (χ1) is 7.69. The van der Waals surface area contributed by atoms with E-state index in [1.165, 1.54) is 0 Å². The summed E-state index contributed by atoms with van der Waals surface area (Å²) in [6, 6.07) is -0.229. The molecule has 0 radical (unpaired) electrons. The summed E-state index contributed by atoms with van der Waals surface area (Å²) >= 11 is 0. The summed E-state index contributed by atoms with van der Waals surface area (Å²) < 4.78 is 4.40. The van der Waals surface area contributed by atoms with Crippen LogP contribution in [-0.2, 0) is 0 Å². The molecule has 0 aromatic carbocycles. The lowest BCUT2D eigenvalue weighted by Gasteiger charge is -2.08. The number of hydrogen-bond donors (Lipinski definition) is 4. The van der Waals surface area contributed by atoms with Gasteiger partial charge in [-0.25, -0.2) is 4.63 Å². The normalized spacial score (nSPS) is 12.6. The zero-order chi connectivity index (χ0) is 12.6. The number of aliphatic hydroxyl groups excluding tert-OH is 1. The van der Waals surface area contributed by atoms with E-state index in [0.29, 0.717) is 0 Å². The van der Waals surface area contributed by atoms with E-state index < -0.39 is 0 Å². The molecular formula is C8H17N5O3. The van der Waals surface area contributed by atoms with E-state index in [0.717, 1.165) is 0 Å². The van der Waals surface area contributed by atoms with Crippen LogP contribution in [0.2, 0.25) is 0 Å². The Labute approximate surface area is 93.1 Å². The average molecular weight is 231 g/mol. The fourth-order valence-electron chi connectivity index (χ4n) is 0.778. The molecule has 1 heterocycles. The van der Waals surface area contributed by atoms with Gasteiger partial charge < -0.3 is 21.4 Å².